The second-order valence-electron chi connectivity index (χ2n) is 7.72. The number of nitrogens with one attached hydrogen (secondary N) is 1. The van der Waals surface area contributed by atoms with Gasteiger partial charge in [0.05, 0.1) is 27.6 Å². The van der Waals surface area contributed by atoms with Gasteiger partial charge in [-0.15, -0.1) is 0 Å². The summed E-state index contributed by atoms with van der Waals surface area (Å²) >= 11 is 0. The molecule has 0 bridgehead atoms. The Kier molecular flexibility index (Phi) is 6.87. The van der Waals surface area contributed by atoms with Crippen LogP contribution in [0.25, 0.3) is 6.08 Å². The first-order chi connectivity index (χ1) is 16.5. The zero-order valence-corrected chi connectivity index (χ0v) is 19.3. The Hall–Kier alpha value is -4.20. The molecular weight excluding hydrogens is 436 g/mol. The maximum atomic E-state index is 12.6. The molecule has 1 aliphatic heterocycles. The average molecular weight is 463 g/mol. The number of anilines is 1. The maximum Gasteiger partial charge on any atom is 0.289 e. The van der Waals surface area contributed by atoms with Crippen molar-refractivity contribution in [1.82, 2.24) is 4.90 Å². The smallest absolute Gasteiger partial charge is 0.289 e. The summed E-state index contributed by atoms with van der Waals surface area (Å²) < 4.78 is 21.3. The average Bonchev–Trinajstić information content (AvgIpc) is 3.41. The highest BCUT2D eigenvalue weighted by Gasteiger charge is 2.23. The van der Waals surface area contributed by atoms with Crippen LogP contribution < -0.4 is 19.5 Å². The number of carbonyl (C=O) groups excluding carboxylic acids is 2. The summed E-state index contributed by atoms with van der Waals surface area (Å²) in [5, 5.41) is 2.88. The number of amides is 2. The molecule has 0 unspecified atom stereocenters. The summed E-state index contributed by atoms with van der Waals surface area (Å²) in [4.78, 5) is 26.9. The molecule has 8 nitrogen and oxygen atoms in total. The zero-order valence-electron chi connectivity index (χ0n) is 19.3. The van der Waals surface area contributed by atoms with Crippen LogP contribution in [0.5, 0.6) is 17.2 Å². The molecule has 2 aromatic carbocycles. The van der Waals surface area contributed by atoms with E-state index in [-0.39, 0.29) is 11.8 Å². The van der Waals surface area contributed by atoms with Crippen molar-refractivity contribution in [2.45, 2.75) is 13.0 Å². The van der Waals surface area contributed by atoms with Crippen LogP contribution in [0.1, 0.15) is 27.2 Å². The van der Waals surface area contributed by atoms with Gasteiger partial charge in [-0.05, 0) is 65.6 Å². The van der Waals surface area contributed by atoms with Crippen LogP contribution in [0.15, 0.2) is 59.2 Å². The van der Waals surface area contributed by atoms with Gasteiger partial charge >= 0.3 is 0 Å². The number of rotatable bonds is 7. The monoisotopic (exact) mass is 462 g/mol. The number of hydrogen-bond acceptors (Lipinski definition) is 6. The van der Waals surface area contributed by atoms with E-state index in [1.54, 1.807) is 35.2 Å². The molecule has 2 amide bonds. The van der Waals surface area contributed by atoms with Gasteiger partial charge in [-0.3, -0.25) is 9.59 Å². The first-order valence-electron chi connectivity index (χ1n) is 10.8. The predicted octanol–water partition coefficient (Wildman–Crippen LogP) is 4.16. The van der Waals surface area contributed by atoms with Gasteiger partial charge in [0.15, 0.2) is 17.3 Å². The number of hydrogen-bond donors (Lipinski definition) is 1. The van der Waals surface area contributed by atoms with E-state index in [9.17, 15) is 9.59 Å². The van der Waals surface area contributed by atoms with Crippen molar-refractivity contribution in [3.05, 3.63) is 77.3 Å². The van der Waals surface area contributed by atoms with Crippen LogP contribution in [0, 0.1) is 0 Å². The second kappa shape index (κ2) is 10.2. The number of methoxy groups -OCH3 is 3. The number of ether oxygens (including phenoxy) is 3. The third-order valence-corrected chi connectivity index (χ3v) is 5.62. The van der Waals surface area contributed by atoms with Crippen LogP contribution in [-0.4, -0.2) is 44.6 Å². The fraction of sp³-hybridized carbons (Fsp3) is 0.231. The van der Waals surface area contributed by atoms with Crippen molar-refractivity contribution >= 4 is 23.6 Å². The molecular formula is C26H26N2O6. The van der Waals surface area contributed by atoms with Crippen molar-refractivity contribution in [3.8, 4) is 17.2 Å². The molecule has 3 aromatic rings. The van der Waals surface area contributed by atoms with Crippen LogP contribution in [-0.2, 0) is 17.8 Å². The van der Waals surface area contributed by atoms with Crippen LogP contribution in [0.3, 0.4) is 0 Å². The molecule has 0 saturated heterocycles. The molecule has 0 fully saturated rings. The molecule has 0 aliphatic carbocycles. The minimum Gasteiger partial charge on any atom is -0.493 e. The van der Waals surface area contributed by atoms with Crippen molar-refractivity contribution in [2.75, 3.05) is 33.2 Å². The molecule has 8 heteroatoms. The normalized spacial score (nSPS) is 12.9. The van der Waals surface area contributed by atoms with E-state index < -0.39 is 0 Å². The lowest BCUT2D eigenvalue weighted by molar-refractivity contribution is -0.111. The molecule has 1 N–H and O–H groups in total. The topological polar surface area (TPSA) is 90.2 Å². The number of fused-ring (bicyclic) bond motifs is 1. The second-order valence-corrected chi connectivity index (χ2v) is 7.72. The van der Waals surface area contributed by atoms with Gasteiger partial charge in [0.2, 0.25) is 11.7 Å². The number of furan rings is 1. The minimum absolute atomic E-state index is 0.140. The molecule has 2 heterocycles. The lowest BCUT2D eigenvalue weighted by Gasteiger charge is -2.28. The van der Waals surface area contributed by atoms with E-state index in [4.69, 9.17) is 18.6 Å². The van der Waals surface area contributed by atoms with E-state index >= 15 is 0 Å². The van der Waals surface area contributed by atoms with Gasteiger partial charge in [-0.25, -0.2) is 0 Å². The van der Waals surface area contributed by atoms with Crippen molar-refractivity contribution in [2.24, 2.45) is 0 Å². The first-order valence-corrected chi connectivity index (χ1v) is 10.8. The molecule has 0 spiro atoms. The molecule has 34 heavy (non-hydrogen) atoms. The van der Waals surface area contributed by atoms with E-state index in [2.05, 4.69) is 5.32 Å². The SMILES string of the molecule is COc1cc(/C=C/C(=O)Nc2ccc3c(c2)CN(C(=O)c2ccco2)CC3)cc(OC)c1OC. The third-order valence-electron chi connectivity index (χ3n) is 5.62. The third kappa shape index (κ3) is 4.91. The van der Waals surface area contributed by atoms with Gasteiger partial charge in [0.1, 0.15) is 0 Å². The van der Waals surface area contributed by atoms with E-state index in [1.165, 1.54) is 33.7 Å². The van der Waals surface area contributed by atoms with Gasteiger partial charge in [0.25, 0.3) is 5.91 Å². The van der Waals surface area contributed by atoms with Crippen LogP contribution >= 0.6 is 0 Å². The summed E-state index contributed by atoms with van der Waals surface area (Å²) in [5.41, 5.74) is 3.54. The molecule has 4 rings (SSSR count). The van der Waals surface area contributed by atoms with Crippen molar-refractivity contribution in [3.63, 3.8) is 0 Å². The molecule has 0 radical (unpaired) electrons. The zero-order chi connectivity index (χ0) is 24.1. The van der Waals surface area contributed by atoms with E-state index in [1.807, 2.05) is 18.2 Å². The number of benzene rings is 2. The summed E-state index contributed by atoms with van der Waals surface area (Å²) in [5.74, 6) is 1.40. The molecule has 0 atom stereocenters. The fourth-order valence-corrected chi connectivity index (χ4v) is 3.92. The summed E-state index contributed by atoms with van der Waals surface area (Å²) in [6, 6.07) is 12.6. The Labute approximate surface area is 197 Å². The minimum atomic E-state index is -0.284. The summed E-state index contributed by atoms with van der Waals surface area (Å²) in [7, 11) is 4.61. The number of carbonyl (C=O) groups is 2. The van der Waals surface area contributed by atoms with Crippen LogP contribution in [0.4, 0.5) is 5.69 Å². The lowest BCUT2D eigenvalue weighted by atomic mass is 9.99. The van der Waals surface area contributed by atoms with Crippen molar-refractivity contribution in [1.29, 1.82) is 0 Å². The van der Waals surface area contributed by atoms with Gasteiger partial charge in [-0.1, -0.05) is 6.07 Å². The van der Waals surface area contributed by atoms with Crippen molar-refractivity contribution < 1.29 is 28.2 Å². The molecule has 0 saturated carbocycles. The van der Waals surface area contributed by atoms with Gasteiger partial charge in [0, 0.05) is 24.9 Å². The fourth-order valence-electron chi connectivity index (χ4n) is 3.92. The maximum absolute atomic E-state index is 12.6. The quantitative estimate of drug-likeness (QED) is 0.531. The summed E-state index contributed by atoms with van der Waals surface area (Å²) in [6.45, 7) is 1.08. The Balaban J connectivity index is 1.45. The van der Waals surface area contributed by atoms with E-state index in [0.29, 0.717) is 41.8 Å². The first kappa shape index (κ1) is 23.0. The molecule has 176 valence electrons. The largest absolute Gasteiger partial charge is 0.493 e. The highest BCUT2D eigenvalue weighted by Crippen LogP contribution is 2.38. The predicted molar refractivity (Wildman–Crippen MR) is 127 cm³/mol. The standard InChI is InChI=1S/C26H26N2O6/c1-31-22-13-17(14-23(32-2)25(22)33-3)6-9-24(29)27-20-8-7-18-10-11-28(16-19(18)15-20)26(30)21-5-4-12-34-21/h4-9,12-15H,10-11,16H2,1-3H3,(H,27,29)/b9-6+. The van der Waals surface area contributed by atoms with Crippen LogP contribution in [0.2, 0.25) is 0 Å². The number of nitrogens with zero attached hydrogens (tertiary/aromatic N) is 1. The lowest BCUT2D eigenvalue weighted by Crippen LogP contribution is -2.35. The Bertz CT molecular complexity index is 1190. The Morgan fingerprint density at radius 1 is 1.00 bits per heavy atom. The Morgan fingerprint density at radius 2 is 1.76 bits per heavy atom. The highest BCUT2D eigenvalue weighted by atomic mass is 16.5. The molecule has 1 aromatic heterocycles. The van der Waals surface area contributed by atoms with Gasteiger partial charge in [-0.2, -0.15) is 0 Å². The van der Waals surface area contributed by atoms with Gasteiger partial charge < -0.3 is 28.8 Å². The molecule has 1 aliphatic rings. The van der Waals surface area contributed by atoms with E-state index in [0.717, 1.165) is 23.1 Å². The highest BCUT2D eigenvalue weighted by molar-refractivity contribution is 6.02. The Morgan fingerprint density at radius 3 is 2.41 bits per heavy atom. The summed E-state index contributed by atoms with van der Waals surface area (Å²) in [6.07, 6.45) is 5.34.